The molecule has 1 fully saturated rings. The summed E-state index contributed by atoms with van der Waals surface area (Å²) in [4.78, 5) is 27.2. The first-order valence-corrected chi connectivity index (χ1v) is 10.5. The number of carbonyl (C=O) groups excluding carboxylic acids is 2. The summed E-state index contributed by atoms with van der Waals surface area (Å²) in [5.41, 5.74) is 2.58. The molecule has 160 valence electrons. The summed E-state index contributed by atoms with van der Waals surface area (Å²) in [6, 6.07) is 15.4. The Balaban J connectivity index is 1.36. The second-order valence-corrected chi connectivity index (χ2v) is 7.79. The minimum atomic E-state index is -0.375. The van der Waals surface area contributed by atoms with Gasteiger partial charge in [0.15, 0.2) is 0 Å². The molecule has 0 aliphatic carbocycles. The van der Waals surface area contributed by atoms with Gasteiger partial charge in [0.05, 0.1) is 12.5 Å². The van der Waals surface area contributed by atoms with Crippen LogP contribution in [0.5, 0.6) is 0 Å². The zero-order valence-corrected chi connectivity index (χ0v) is 17.2. The van der Waals surface area contributed by atoms with Gasteiger partial charge in [0.1, 0.15) is 5.82 Å². The third kappa shape index (κ3) is 5.17. The molecule has 0 saturated carbocycles. The topological polar surface area (TPSA) is 67.2 Å². The minimum absolute atomic E-state index is 0.0505. The fourth-order valence-electron chi connectivity index (χ4n) is 3.93. The number of nitrogens with zero attached hydrogens (tertiary/aromatic N) is 3. The normalized spacial score (nSPS) is 16.2. The number of likely N-dealkylation sites (tertiary alicyclic amines) is 1. The Morgan fingerprint density at radius 3 is 2.58 bits per heavy atom. The highest BCUT2D eigenvalue weighted by atomic mass is 19.1. The van der Waals surface area contributed by atoms with E-state index < -0.39 is 0 Å². The maximum atomic E-state index is 13.1. The number of hydrogen-bond acceptors (Lipinski definition) is 3. The predicted octanol–water partition coefficient (Wildman–Crippen LogP) is 3.24. The van der Waals surface area contributed by atoms with Gasteiger partial charge in [-0.1, -0.05) is 24.3 Å². The lowest BCUT2D eigenvalue weighted by molar-refractivity contribution is -0.126. The van der Waals surface area contributed by atoms with Crippen molar-refractivity contribution >= 4 is 11.8 Å². The van der Waals surface area contributed by atoms with E-state index in [2.05, 4.69) is 10.4 Å². The number of hydrogen-bond donors (Lipinski definition) is 1. The molecule has 1 aromatic heterocycles. The van der Waals surface area contributed by atoms with Crippen LogP contribution in [0, 0.1) is 11.7 Å². The number of rotatable bonds is 6. The van der Waals surface area contributed by atoms with Gasteiger partial charge in [0.2, 0.25) is 5.91 Å². The molecule has 0 unspecified atom stereocenters. The van der Waals surface area contributed by atoms with E-state index in [9.17, 15) is 14.0 Å². The van der Waals surface area contributed by atoms with Crippen LogP contribution in [0.15, 0.2) is 67.0 Å². The summed E-state index contributed by atoms with van der Waals surface area (Å²) in [5.74, 6) is -0.843. The number of nitrogens with one attached hydrogen (secondary N) is 1. The van der Waals surface area contributed by atoms with Crippen LogP contribution in [-0.4, -0.2) is 39.6 Å². The van der Waals surface area contributed by atoms with Crippen molar-refractivity contribution in [2.75, 3.05) is 13.1 Å². The van der Waals surface area contributed by atoms with Crippen LogP contribution in [0.1, 0.15) is 34.3 Å². The molecule has 4 rings (SSSR count). The third-order valence-electron chi connectivity index (χ3n) is 5.63. The van der Waals surface area contributed by atoms with Gasteiger partial charge < -0.3 is 10.2 Å². The summed E-state index contributed by atoms with van der Waals surface area (Å²) in [6.45, 7) is 2.05. The van der Waals surface area contributed by atoms with Crippen molar-refractivity contribution in [1.82, 2.24) is 20.0 Å². The first-order valence-electron chi connectivity index (χ1n) is 10.5. The number of amides is 2. The van der Waals surface area contributed by atoms with Crippen molar-refractivity contribution in [3.05, 3.63) is 89.5 Å². The highest BCUT2D eigenvalue weighted by molar-refractivity contribution is 5.94. The summed E-state index contributed by atoms with van der Waals surface area (Å²) in [5, 5.41) is 7.29. The van der Waals surface area contributed by atoms with Crippen molar-refractivity contribution in [3.8, 4) is 0 Å². The van der Waals surface area contributed by atoms with E-state index in [1.807, 2.05) is 41.2 Å². The maximum Gasteiger partial charge on any atom is 0.253 e. The van der Waals surface area contributed by atoms with Gasteiger partial charge in [-0.2, -0.15) is 5.10 Å². The molecule has 7 heteroatoms. The summed E-state index contributed by atoms with van der Waals surface area (Å²) in [6.07, 6.45) is 5.16. The quantitative estimate of drug-likeness (QED) is 0.666. The predicted molar refractivity (Wildman–Crippen MR) is 115 cm³/mol. The summed E-state index contributed by atoms with van der Waals surface area (Å²) >= 11 is 0. The van der Waals surface area contributed by atoms with Gasteiger partial charge in [-0.15, -0.1) is 0 Å². The van der Waals surface area contributed by atoms with Crippen LogP contribution >= 0.6 is 0 Å². The third-order valence-corrected chi connectivity index (χ3v) is 5.63. The molecule has 1 aliphatic heterocycles. The lowest BCUT2D eigenvalue weighted by Crippen LogP contribution is -2.45. The molecule has 0 spiro atoms. The fraction of sp³-hybridized carbons (Fsp3) is 0.292. The van der Waals surface area contributed by atoms with E-state index in [1.165, 1.54) is 24.3 Å². The van der Waals surface area contributed by atoms with E-state index in [-0.39, 0.29) is 23.5 Å². The van der Waals surface area contributed by atoms with Gasteiger partial charge in [0, 0.05) is 37.6 Å². The number of carbonyl (C=O) groups is 2. The summed E-state index contributed by atoms with van der Waals surface area (Å²) in [7, 11) is 0. The maximum absolute atomic E-state index is 13.1. The average molecular weight is 420 g/mol. The molecule has 1 atom stereocenters. The Hall–Kier alpha value is -3.48. The lowest BCUT2D eigenvalue weighted by atomic mass is 9.96. The molecule has 2 aromatic carbocycles. The Kier molecular flexibility index (Phi) is 6.40. The van der Waals surface area contributed by atoms with Crippen LogP contribution in [0.25, 0.3) is 0 Å². The van der Waals surface area contributed by atoms with Gasteiger partial charge in [-0.25, -0.2) is 4.39 Å². The van der Waals surface area contributed by atoms with Crippen LogP contribution in [-0.2, 0) is 17.9 Å². The van der Waals surface area contributed by atoms with Gasteiger partial charge in [0.25, 0.3) is 5.91 Å². The van der Waals surface area contributed by atoms with Crippen molar-refractivity contribution in [3.63, 3.8) is 0 Å². The molecule has 1 aliphatic rings. The van der Waals surface area contributed by atoms with E-state index in [1.54, 1.807) is 11.1 Å². The molecule has 1 saturated heterocycles. The highest BCUT2D eigenvalue weighted by Crippen LogP contribution is 2.20. The zero-order chi connectivity index (χ0) is 21.6. The monoisotopic (exact) mass is 420 g/mol. The first kappa shape index (κ1) is 20.8. The molecule has 1 N–H and O–H groups in total. The molecule has 2 heterocycles. The Morgan fingerprint density at radius 2 is 1.84 bits per heavy atom. The number of benzene rings is 2. The Bertz CT molecular complexity index is 1030. The van der Waals surface area contributed by atoms with Crippen molar-refractivity contribution in [2.45, 2.75) is 25.9 Å². The standard InChI is InChI=1S/C24H25FN4O2/c25-22-10-8-18(9-11-22)24(31)28-13-3-7-21(16-28)23(30)26-15-19-5-1-2-6-20(19)17-29-14-4-12-27-29/h1-2,4-6,8-12,14,21H,3,7,13,15-17H2,(H,26,30)/t21-/m0/s1. The molecule has 2 amide bonds. The van der Waals surface area contributed by atoms with Crippen LogP contribution in [0.4, 0.5) is 4.39 Å². The number of aromatic nitrogens is 2. The molecule has 3 aromatic rings. The van der Waals surface area contributed by atoms with Crippen LogP contribution in [0.3, 0.4) is 0 Å². The van der Waals surface area contributed by atoms with Crippen molar-refractivity contribution < 1.29 is 14.0 Å². The smallest absolute Gasteiger partial charge is 0.253 e. The van der Waals surface area contributed by atoms with Crippen LogP contribution < -0.4 is 5.32 Å². The van der Waals surface area contributed by atoms with Gasteiger partial charge in [-0.3, -0.25) is 14.3 Å². The number of piperidine rings is 1. The van der Waals surface area contributed by atoms with E-state index in [0.717, 1.165) is 24.0 Å². The fourth-order valence-corrected chi connectivity index (χ4v) is 3.93. The first-order chi connectivity index (χ1) is 15.1. The van der Waals surface area contributed by atoms with E-state index in [0.29, 0.717) is 31.7 Å². The van der Waals surface area contributed by atoms with Crippen molar-refractivity contribution in [2.24, 2.45) is 5.92 Å². The second kappa shape index (κ2) is 9.55. The lowest BCUT2D eigenvalue weighted by Gasteiger charge is -2.32. The highest BCUT2D eigenvalue weighted by Gasteiger charge is 2.28. The SMILES string of the molecule is O=C(NCc1ccccc1Cn1cccn1)[C@H]1CCCN(C(=O)c2ccc(F)cc2)C1. The van der Waals surface area contributed by atoms with E-state index in [4.69, 9.17) is 0 Å². The second-order valence-electron chi connectivity index (χ2n) is 7.79. The molecule has 0 radical (unpaired) electrons. The molecule has 31 heavy (non-hydrogen) atoms. The van der Waals surface area contributed by atoms with Gasteiger partial charge in [-0.05, 0) is 54.3 Å². The Labute approximate surface area is 180 Å². The molecular weight excluding hydrogens is 395 g/mol. The van der Waals surface area contributed by atoms with E-state index >= 15 is 0 Å². The number of halogens is 1. The van der Waals surface area contributed by atoms with Crippen molar-refractivity contribution in [1.29, 1.82) is 0 Å². The largest absolute Gasteiger partial charge is 0.352 e. The molecule has 6 nitrogen and oxygen atoms in total. The van der Waals surface area contributed by atoms with Crippen LogP contribution in [0.2, 0.25) is 0 Å². The molecule has 0 bridgehead atoms. The zero-order valence-electron chi connectivity index (χ0n) is 17.2. The minimum Gasteiger partial charge on any atom is -0.352 e. The Morgan fingerprint density at radius 1 is 1.06 bits per heavy atom. The average Bonchev–Trinajstić information content (AvgIpc) is 3.31. The summed E-state index contributed by atoms with van der Waals surface area (Å²) < 4.78 is 15.0. The van der Waals surface area contributed by atoms with Gasteiger partial charge >= 0.3 is 0 Å². The molecular formula is C24H25FN4O2.